The van der Waals surface area contributed by atoms with Crippen LogP contribution in [0.15, 0.2) is 95.9 Å². The third-order valence-electron chi connectivity index (χ3n) is 6.90. The lowest BCUT2D eigenvalue weighted by Crippen LogP contribution is -2.45. The third-order valence-corrected chi connectivity index (χ3v) is 6.90. The quantitative estimate of drug-likeness (QED) is 0.197. The van der Waals surface area contributed by atoms with E-state index in [0.29, 0.717) is 24.2 Å². The number of amides is 3. The SMILES string of the molecule is C=CCC1CC(C(=O)NCc2ccc(/C(N)=N\C(=O)OCc3ccccc3)cc2)n2c1ncc(N(CC=C)C(=O)[O-])c2=O. The highest BCUT2D eigenvalue weighted by atomic mass is 16.5. The zero-order chi connectivity index (χ0) is 30.9. The van der Waals surface area contributed by atoms with E-state index in [0.717, 1.165) is 16.0 Å². The molecule has 0 spiro atoms. The Hall–Kier alpha value is -5.52. The smallest absolute Gasteiger partial charge is 0.435 e. The van der Waals surface area contributed by atoms with Crippen molar-refractivity contribution in [3.8, 4) is 0 Å². The molecule has 3 N–H and O–H groups in total. The second-order valence-corrected chi connectivity index (χ2v) is 9.77. The van der Waals surface area contributed by atoms with Crippen LogP contribution in [0.2, 0.25) is 0 Å². The average Bonchev–Trinajstić information content (AvgIpc) is 3.38. The Bertz CT molecular complexity index is 1600. The van der Waals surface area contributed by atoms with E-state index in [1.807, 2.05) is 30.3 Å². The van der Waals surface area contributed by atoms with Gasteiger partial charge in [0.15, 0.2) is 0 Å². The van der Waals surface area contributed by atoms with Crippen LogP contribution in [0.4, 0.5) is 15.3 Å². The molecule has 1 aliphatic rings. The Morgan fingerprint density at radius 1 is 1.12 bits per heavy atom. The number of hydrogen-bond donors (Lipinski definition) is 2. The summed E-state index contributed by atoms with van der Waals surface area (Å²) in [7, 11) is 0. The molecular formula is C31H31N6O6-. The van der Waals surface area contributed by atoms with Crippen molar-refractivity contribution < 1.29 is 24.2 Å². The minimum atomic E-state index is -1.58. The summed E-state index contributed by atoms with van der Waals surface area (Å²) in [4.78, 5) is 59.3. The van der Waals surface area contributed by atoms with Gasteiger partial charge in [0.1, 0.15) is 36.1 Å². The Balaban J connectivity index is 1.43. The number of aliphatic imine (C=N–C) groups is 1. The number of ether oxygens (including phenoxy) is 1. The van der Waals surface area contributed by atoms with Gasteiger partial charge >= 0.3 is 6.09 Å². The molecule has 2 unspecified atom stereocenters. The largest absolute Gasteiger partial charge is 0.530 e. The number of nitrogens with one attached hydrogen (secondary N) is 1. The molecule has 2 aromatic carbocycles. The number of anilines is 1. The second-order valence-electron chi connectivity index (χ2n) is 9.77. The second kappa shape index (κ2) is 13.9. The van der Waals surface area contributed by atoms with Gasteiger partial charge in [0.2, 0.25) is 5.91 Å². The van der Waals surface area contributed by atoms with Crippen LogP contribution in [0.1, 0.15) is 47.3 Å². The van der Waals surface area contributed by atoms with Gasteiger partial charge in [-0.2, -0.15) is 4.99 Å². The molecule has 0 fully saturated rings. The molecule has 3 aromatic rings. The van der Waals surface area contributed by atoms with E-state index in [-0.39, 0.29) is 37.1 Å². The summed E-state index contributed by atoms with van der Waals surface area (Å²) < 4.78 is 6.38. The van der Waals surface area contributed by atoms with Crippen molar-refractivity contribution in [1.82, 2.24) is 14.9 Å². The molecule has 0 saturated carbocycles. The Morgan fingerprint density at radius 3 is 2.49 bits per heavy atom. The van der Waals surface area contributed by atoms with Crippen molar-refractivity contribution in [2.24, 2.45) is 10.7 Å². The number of carbonyl (C=O) groups excluding carboxylic acids is 3. The van der Waals surface area contributed by atoms with Gasteiger partial charge in [-0.15, -0.1) is 13.2 Å². The van der Waals surface area contributed by atoms with Gasteiger partial charge in [-0.05, 0) is 24.0 Å². The fourth-order valence-corrected chi connectivity index (χ4v) is 4.78. The van der Waals surface area contributed by atoms with E-state index >= 15 is 0 Å². The van der Waals surface area contributed by atoms with Gasteiger partial charge in [-0.3, -0.25) is 14.2 Å². The number of aromatic nitrogens is 2. The maximum Gasteiger partial charge on any atom is 0.435 e. The summed E-state index contributed by atoms with van der Waals surface area (Å²) in [5.74, 6) is -0.308. The number of allylic oxidation sites excluding steroid dienone is 1. The number of hydrogen-bond acceptors (Lipinski definition) is 7. The van der Waals surface area contributed by atoms with Crippen LogP contribution in [-0.2, 0) is 22.7 Å². The zero-order valence-corrected chi connectivity index (χ0v) is 23.3. The van der Waals surface area contributed by atoms with E-state index in [4.69, 9.17) is 10.5 Å². The van der Waals surface area contributed by atoms with Crippen molar-refractivity contribution in [1.29, 1.82) is 0 Å². The molecule has 43 heavy (non-hydrogen) atoms. The number of benzene rings is 2. The number of nitrogens with two attached hydrogens (primary N) is 1. The highest BCUT2D eigenvalue weighted by Gasteiger charge is 2.37. The number of rotatable bonds is 11. The molecule has 1 aromatic heterocycles. The molecular weight excluding hydrogens is 552 g/mol. The summed E-state index contributed by atoms with van der Waals surface area (Å²) in [6, 6.07) is 15.0. The maximum atomic E-state index is 13.4. The van der Waals surface area contributed by atoms with E-state index in [1.54, 1.807) is 30.3 Å². The third kappa shape index (κ3) is 7.22. The molecule has 1 aliphatic heterocycles. The number of amidine groups is 1. The molecule has 3 amide bonds. The molecule has 2 heterocycles. The molecule has 0 radical (unpaired) electrons. The van der Waals surface area contributed by atoms with Gasteiger partial charge in [-0.1, -0.05) is 66.7 Å². The van der Waals surface area contributed by atoms with E-state index in [2.05, 4.69) is 28.5 Å². The van der Waals surface area contributed by atoms with Crippen molar-refractivity contribution in [3.63, 3.8) is 0 Å². The van der Waals surface area contributed by atoms with Gasteiger partial charge in [-0.25, -0.2) is 9.78 Å². The van der Waals surface area contributed by atoms with Crippen LogP contribution in [0.5, 0.6) is 0 Å². The van der Waals surface area contributed by atoms with E-state index in [1.165, 1.54) is 16.8 Å². The fourth-order valence-electron chi connectivity index (χ4n) is 4.78. The molecule has 0 aliphatic carbocycles. The lowest BCUT2D eigenvalue weighted by Gasteiger charge is -2.24. The van der Waals surface area contributed by atoms with Crippen LogP contribution < -0.4 is 26.6 Å². The van der Waals surface area contributed by atoms with Gasteiger partial charge < -0.3 is 30.6 Å². The molecule has 12 heteroatoms. The molecule has 222 valence electrons. The normalized spacial score (nSPS) is 15.7. The first-order chi connectivity index (χ1) is 20.7. The summed E-state index contributed by atoms with van der Waals surface area (Å²) >= 11 is 0. The summed E-state index contributed by atoms with van der Waals surface area (Å²) in [6.45, 7) is 7.30. The number of nitrogens with zero attached hydrogens (tertiary/aromatic N) is 4. The predicted octanol–water partition coefficient (Wildman–Crippen LogP) is 2.54. The first kappa shape index (κ1) is 30.4. The van der Waals surface area contributed by atoms with Crippen LogP contribution in [0.3, 0.4) is 0 Å². The van der Waals surface area contributed by atoms with Gasteiger partial charge in [0, 0.05) is 24.6 Å². The molecule has 0 bridgehead atoms. The maximum absolute atomic E-state index is 13.4. The van der Waals surface area contributed by atoms with Crippen molar-refractivity contribution in [3.05, 3.63) is 119 Å². The summed E-state index contributed by atoms with van der Waals surface area (Å²) in [6.07, 6.45) is 2.56. The van der Waals surface area contributed by atoms with Crippen molar-refractivity contribution >= 4 is 29.6 Å². The predicted molar refractivity (Wildman–Crippen MR) is 158 cm³/mol. The van der Waals surface area contributed by atoms with Crippen LogP contribution >= 0.6 is 0 Å². The summed E-state index contributed by atoms with van der Waals surface area (Å²) in [5, 5.41) is 14.5. The van der Waals surface area contributed by atoms with E-state index < -0.39 is 29.7 Å². The Labute approximate surface area is 247 Å². The van der Waals surface area contributed by atoms with Gasteiger partial charge in [0.05, 0.1) is 6.20 Å². The lowest BCUT2D eigenvalue weighted by molar-refractivity contribution is -0.246. The van der Waals surface area contributed by atoms with Crippen molar-refractivity contribution in [2.75, 3.05) is 11.4 Å². The lowest BCUT2D eigenvalue weighted by atomic mass is 10.00. The standard InChI is InChI=1S/C31H32N6O6/c1-3-8-23-16-24(37-27(23)33-18-25(29(37)39)36(15-4-2)31(41)42)28(38)34-17-20-11-13-22(14-12-20)26(32)35-30(40)43-19-21-9-6-5-7-10-21/h3-7,9-14,18,23-24H,1-2,8,15-17,19H2,(H,34,38)(H,41,42)(H2,32,35,40)/p-1. The molecule has 0 saturated heterocycles. The minimum absolute atomic E-state index is 0.0193. The zero-order valence-electron chi connectivity index (χ0n) is 23.3. The highest BCUT2D eigenvalue weighted by molar-refractivity contribution is 6.02. The van der Waals surface area contributed by atoms with E-state index in [9.17, 15) is 24.3 Å². The number of carboxylic acid groups (broad SMARTS) is 1. The first-order valence-electron chi connectivity index (χ1n) is 13.5. The Morgan fingerprint density at radius 2 is 1.84 bits per heavy atom. The molecule has 4 rings (SSSR count). The highest BCUT2D eigenvalue weighted by Crippen LogP contribution is 2.36. The van der Waals surface area contributed by atoms with Crippen LogP contribution in [-0.4, -0.2) is 40.0 Å². The molecule has 2 atom stereocenters. The Kier molecular flexibility index (Phi) is 9.84. The minimum Gasteiger partial charge on any atom is -0.530 e. The van der Waals surface area contributed by atoms with Crippen LogP contribution in [0.25, 0.3) is 0 Å². The fraction of sp³-hybridized carbons (Fsp3) is 0.226. The summed E-state index contributed by atoms with van der Waals surface area (Å²) in [5.41, 5.74) is 7.13. The average molecular weight is 584 g/mol. The monoisotopic (exact) mass is 583 g/mol. The topological polar surface area (TPSA) is 172 Å². The number of carbonyl (C=O) groups is 3. The van der Waals surface area contributed by atoms with Gasteiger partial charge in [0.25, 0.3) is 5.56 Å². The molecule has 12 nitrogen and oxygen atoms in total. The number of fused-ring (bicyclic) bond motifs is 1. The van der Waals surface area contributed by atoms with Crippen LogP contribution in [0, 0.1) is 0 Å². The van der Waals surface area contributed by atoms with Crippen molar-refractivity contribution in [2.45, 2.75) is 38.0 Å². The first-order valence-corrected chi connectivity index (χ1v) is 13.5.